The van der Waals surface area contributed by atoms with Crippen LogP contribution in [0.2, 0.25) is 0 Å². The standard InChI is InChI=1S/C19H20F5N3O/c1-25-18(26-9-12-3-6-17(21)14(7-12)11-28-2)27-10-13-4-5-15(20)8-16(13)19(22,23)24/h3-8H,9-11H2,1-2H3,(H2,25,26,27). The van der Waals surface area contributed by atoms with E-state index in [1.165, 1.54) is 20.2 Å². The van der Waals surface area contributed by atoms with Crippen LogP contribution in [-0.4, -0.2) is 20.1 Å². The minimum absolute atomic E-state index is 0.110. The summed E-state index contributed by atoms with van der Waals surface area (Å²) < 4.78 is 70.9. The third kappa shape index (κ3) is 5.91. The summed E-state index contributed by atoms with van der Waals surface area (Å²) in [5.74, 6) is -1.10. The predicted octanol–water partition coefficient (Wildman–Crippen LogP) is 4.00. The Morgan fingerprint density at radius 1 is 1.00 bits per heavy atom. The predicted molar refractivity (Wildman–Crippen MR) is 95.6 cm³/mol. The SMILES string of the molecule is CN=C(NCc1ccc(F)c(COC)c1)NCc1ccc(F)cc1C(F)(F)F. The molecule has 152 valence electrons. The van der Waals surface area contributed by atoms with E-state index in [1.54, 1.807) is 12.1 Å². The van der Waals surface area contributed by atoms with E-state index in [1.807, 2.05) is 0 Å². The fourth-order valence-corrected chi connectivity index (χ4v) is 2.56. The van der Waals surface area contributed by atoms with Gasteiger partial charge in [-0.2, -0.15) is 13.2 Å². The highest BCUT2D eigenvalue weighted by molar-refractivity contribution is 5.79. The second-order valence-electron chi connectivity index (χ2n) is 5.94. The Hall–Kier alpha value is -2.68. The van der Waals surface area contributed by atoms with Crippen molar-refractivity contribution in [3.8, 4) is 0 Å². The Labute approximate surface area is 159 Å². The van der Waals surface area contributed by atoms with Crippen molar-refractivity contribution in [1.29, 1.82) is 0 Å². The first-order valence-corrected chi connectivity index (χ1v) is 8.31. The van der Waals surface area contributed by atoms with Crippen molar-refractivity contribution in [2.24, 2.45) is 4.99 Å². The molecule has 0 aliphatic rings. The number of benzene rings is 2. The van der Waals surface area contributed by atoms with E-state index in [4.69, 9.17) is 4.74 Å². The van der Waals surface area contributed by atoms with Gasteiger partial charge < -0.3 is 15.4 Å². The van der Waals surface area contributed by atoms with Gasteiger partial charge in [-0.25, -0.2) is 8.78 Å². The Morgan fingerprint density at radius 3 is 2.36 bits per heavy atom. The van der Waals surface area contributed by atoms with Gasteiger partial charge in [0.25, 0.3) is 0 Å². The van der Waals surface area contributed by atoms with Crippen molar-refractivity contribution in [2.45, 2.75) is 25.9 Å². The van der Waals surface area contributed by atoms with Crippen molar-refractivity contribution in [2.75, 3.05) is 14.2 Å². The Bertz CT molecular complexity index is 837. The zero-order valence-corrected chi connectivity index (χ0v) is 15.3. The smallest absolute Gasteiger partial charge is 0.380 e. The molecule has 0 fully saturated rings. The van der Waals surface area contributed by atoms with E-state index >= 15 is 0 Å². The zero-order chi connectivity index (χ0) is 20.7. The minimum atomic E-state index is -4.66. The van der Waals surface area contributed by atoms with Gasteiger partial charge in [0.15, 0.2) is 5.96 Å². The summed E-state index contributed by atoms with van der Waals surface area (Å²) in [7, 11) is 2.92. The van der Waals surface area contributed by atoms with E-state index in [9.17, 15) is 22.0 Å². The highest BCUT2D eigenvalue weighted by Gasteiger charge is 2.33. The lowest BCUT2D eigenvalue weighted by molar-refractivity contribution is -0.138. The topological polar surface area (TPSA) is 45.7 Å². The maximum Gasteiger partial charge on any atom is 0.416 e. The van der Waals surface area contributed by atoms with E-state index in [-0.39, 0.29) is 37.0 Å². The second kappa shape index (κ2) is 9.50. The minimum Gasteiger partial charge on any atom is -0.380 e. The van der Waals surface area contributed by atoms with Crippen molar-refractivity contribution in [3.63, 3.8) is 0 Å². The van der Waals surface area contributed by atoms with Crippen LogP contribution in [0.4, 0.5) is 22.0 Å². The van der Waals surface area contributed by atoms with Gasteiger partial charge in [0, 0.05) is 32.8 Å². The Morgan fingerprint density at radius 2 is 1.71 bits per heavy atom. The largest absolute Gasteiger partial charge is 0.416 e. The first kappa shape index (κ1) is 21.6. The van der Waals surface area contributed by atoms with E-state index < -0.39 is 17.6 Å². The number of hydrogen-bond acceptors (Lipinski definition) is 2. The molecule has 0 saturated carbocycles. The van der Waals surface area contributed by atoms with Crippen LogP contribution in [0.3, 0.4) is 0 Å². The van der Waals surface area contributed by atoms with Crippen molar-refractivity contribution in [1.82, 2.24) is 10.6 Å². The molecule has 2 aromatic carbocycles. The van der Waals surface area contributed by atoms with Crippen LogP contribution >= 0.6 is 0 Å². The van der Waals surface area contributed by atoms with Gasteiger partial charge in [0.1, 0.15) is 11.6 Å². The molecule has 0 bridgehead atoms. The van der Waals surface area contributed by atoms with Crippen molar-refractivity contribution < 1.29 is 26.7 Å². The van der Waals surface area contributed by atoms with Crippen LogP contribution in [-0.2, 0) is 30.6 Å². The number of rotatable bonds is 6. The number of methoxy groups -OCH3 is 1. The molecular formula is C19H20F5N3O. The molecule has 0 radical (unpaired) electrons. The lowest BCUT2D eigenvalue weighted by Crippen LogP contribution is -2.36. The van der Waals surface area contributed by atoms with Crippen LogP contribution in [0.1, 0.15) is 22.3 Å². The third-order valence-corrected chi connectivity index (χ3v) is 3.92. The van der Waals surface area contributed by atoms with Gasteiger partial charge in [-0.05, 0) is 35.4 Å². The van der Waals surface area contributed by atoms with Gasteiger partial charge in [-0.3, -0.25) is 4.99 Å². The molecule has 0 aliphatic carbocycles. The van der Waals surface area contributed by atoms with Gasteiger partial charge in [-0.1, -0.05) is 12.1 Å². The number of halogens is 5. The zero-order valence-electron chi connectivity index (χ0n) is 15.3. The molecule has 2 aromatic rings. The summed E-state index contributed by atoms with van der Waals surface area (Å²) in [6.45, 7) is 0.191. The molecular weight excluding hydrogens is 381 g/mol. The van der Waals surface area contributed by atoms with Crippen LogP contribution in [0.15, 0.2) is 41.4 Å². The van der Waals surface area contributed by atoms with E-state index in [0.29, 0.717) is 11.6 Å². The number of hydrogen-bond donors (Lipinski definition) is 2. The lowest BCUT2D eigenvalue weighted by atomic mass is 10.1. The average molecular weight is 401 g/mol. The summed E-state index contributed by atoms with van der Waals surface area (Å²) in [6.07, 6.45) is -4.66. The van der Waals surface area contributed by atoms with Crippen molar-refractivity contribution >= 4 is 5.96 Å². The molecule has 0 saturated heterocycles. The molecule has 4 nitrogen and oxygen atoms in total. The maximum atomic E-state index is 13.6. The van der Waals surface area contributed by atoms with Gasteiger partial charge in [0.2, 0.25) is 0 Å². The van der Waals surface area contributed by atoms with Gasteiger partial charge >= 0.3 is 6.18 Å². The van der Waals surface area contributed by atoms with Gasteiger partial charge in [-0.15, -0.1) is 0 Å². The Balaban J connectivity index is 2.02. The molecule has 28 heavy (non-hydrogen) atoms. The van der Waals surface area contributed by atoms with E-state index in [0.717, 1.165) is 17.7 Å². The number of alkyl halides is 3. The fraction of sp³-hybridized carbons (Fsp3) is 0.316. The molecule has 0 amide bonds. The normalized spacial score (nSPS) is 12.2. The monoisotopic (exact) mass is 401 g/mol. The van der Waals surface area contributed by atoms with Gasteiger partial charge in [0.05, 0.1) is 12.2 Å². The van der Waals surface area contributed by atoms with Crippen LogP contribution in [0.5, 0.6) is 0 Å². The first-order valence-electron chi connectivity index (χ1n) is 8.31. The van der Waals surface area contributed by atoms with Crippen molar-refractivity contribution in [3.05, 3.63) is 70.3 Å². The maximum absolute atomic E-state index is 13.6. The second-order valence-corrected chi connectivity index (χ2v) is 5.94. The number of guanidine groups is 1. The van der Waals surface area contributed by atoms with Crippen LogP contribution in [0.25, 0.3) is 0 Å². The molecule has 0 spiro atoms. The lowest BCUT2D eigenvalue weighted by Gasteiger charge is -2.16. The molecule has 0 atom stereocenters. The van der Waals surface area contributed by atoms with Crippen LogP contribution < -0.4 is 10.6 Å². The molecule has 0 heterocycles. The van der Waals surface area contributed by atoms with Crippen LogP contribution in [0, 0.1) is 11.6 Å². The molecule has 9 heteroatoms. The molecule has 2 N–H and O–H groups in total. The first-order chi connectivity index (χ1) is 13.2. The molecule has 0 aliphatic heterocycles. The fourth-order valence-electron chi connectivity index (χ4n) is 2.56. The number of nitrogens with zero attached hydrogens (tertiary/aromatic N) is 1. The quantitative estimate of drug-likeness (QED) is 0.437. The Kier molecular flexibility index (Phi) is 7.33. The summed E-state index contributed by atoms with van der Waals surface area (Å²) in [5.41, 5.74) is -0.0146. The van der Waals surface area contributed by atoms with E-state index in [2.05, 4.69) is 15.6 Å². The summed E-state index contributed by atoms with van der Waals surface area (Å²) in [5, 5.41) is 5.69. The summed E-state index contributed by atoms with van der Waals surface area (Å²) in [4.78, 5) is 3.94. The average Bonchev–Trinajstić information content (AvgIpc) is 2.64. The molecule has 0 aromatic heterocycles. The highest BCUT2D eigenvalue weighted by atomic mass is 19.4. The number of aliphatic imine (C=N–C) groups is 1. The highest BCUT2D eigenvalue weighted by Crippen LogP contribution is 2.32. The summed E-state index contributed by atoms with van der Waals surface area (Å²) in [6, 6.07) is 7.03. The number of ether oxygens (including phenoxy) is 1. The molecule has 0 unspecified atom stereocenters. The number of nitrogens with one attached hydrogen (secondary N) is 2. The third-order valence-electron chi connectivity index (χ3n) is 3.92. The molecule has 2 rings (SSSR count). The summed E-state index contributed by atoms with van der Waals surface area (Å²) >= 11 is 0.